The number of nitrogens with zero attached hydrogens (tertiary/aromatic N) is 4. The highest BCUT2D eigenvalue weighted by molar-refractivity contribution is 5.62. The van der Waals surface area contributed by atoms with E-state index in [9.17, 15) is 0 Å². The third-order valence-corrected chi connectivity index (χ3v) is 1.88. The zero-order valence-electron chi connectivity index (χ0n) is 12.2. The highest BCUT2D eigenvalue weighted by atomic mass is 16.1. The van der Waals surface area contributed by atoms with Gasteiger partial charge in [-0.05, 0) is 35.4 Å². The Balaban J connectivity index is -0.000000307. The SMILES string of the molecule is [N-]=C=O.[N-]=C=O.[N-]=C=O.[N-]=C=O.c1ccc(-c2ccccc2)cc1. The molecule has 0 aromatic heterocycles. The molecule has 0 spiro atoms. The van der Waals surface area contributed by atoms with Gasteiger partial charge in [-0.1, -0.05) is 60.7 Å². The average Bonchev–Trinajstić information content (AvgIpc) is 2.59. The summed E-state index contributed by atoms with van der Waals surface area (Å²) in [6.07, 6.45) is 2.00. The zero-order chi connectivity index (χ0) is 19.1. The fourth-order valence-electron chi connectivity index (χ4n) is 1.26. The first-order valence-electron chi connectivity index (χ1n) is 5.78. The van der Waals surface area contributed by atoms with E-state index in [2.05, 4.69) is 48.5 Å². The molecular formula is C16H10N4O4-4. The number of isocyanates is 4. The van der Waals surface area contributed by atoms with Gasteiger partial charge in [-0.25, -0.2) is 0 Å². The van der Waals surface area contributed by atoms with Crippen molar-refractivity contribution in [3.05, 3.63) is 82.3 Å². The van der Waals surface area contributed by atoms with Crippen LogP contribution in [0.5, 0.6) is 0 Å². The molecule has 0 N–H and O–H groups in total. The van der Waals surface area contributed by atoms with Crippen LogP contribution in [0.4, 0.5) is 0 Å². The number of benzene rings is 2. The molecule has 2 aromatic rings. The van der Waals surface area contributed by atoms with E-state index in [1.54, 1.807) is 0 Å². The van der Waals surface area contributed by atoms with Gasteiger partial charge in [0.1, 0.15) is 0 Å². The van der Waals surface area contributed by atoms with Gasteiger partial charge >= 0.3 is 0 Å². The molecule has 0 radical (unpaired) electrons. The van der Waals surface area contributed by atoms with E-state index < -0.39 is 0 Å². The summed E-state index contributed by atoms with van der Waals surface area (Å²) in [4.78, 5) is 32.9. The van der Waals surface area contributed by atoms with Crippen LogP contribution < -0.4 is 0 Å². The Labute approximate surface area is 137 Å². The van der Waals surface area contributed by atoms with Gasteiger partial charge in [0.25, 0.3) is 0 Å². The van der Waals surface area contributed by atoms with E-state index in [1.165, 1.54) is 11.1 Å². The molecule has 0 bridgehead atoms. The van der Waals surface area contributed by atoms with E-state index in [4.69, 9.17) is 40.8 Å². The standard InChI is InChI=1S/C12H10.4CNO/c1-3-7-11(8-4-1)12-9-5-2-6-10-12;4*2-1-3/h1-10H;;;;/q;4*-1. The summed E-state index contributed by atoms with van der Waals surface area (Å²) in [5.41, 5.74) is 2.55. The molecule has 0 saturated heterocycles. The molecule has 0 aliphatic heterocycles. The van der Waals surface area contributed by atoms with Crippen LogP contribution in [0.25, 0.3) is 32.8 Å². The Morgan fingerprint density at radius 3 is 0.792 bits per heavy atom. The molecule has 0 atom stereocenters. The van der Waals surface area contributed by atoms with Crippen LogP contribution in [0.1, 0.15) is 0 Å². The third-order valence-electron chi connectivity index (χ3n) is 1.88. The molecular weight excluding hydrogens is 312 g/mol. The van der Waals surface area contributed by atoms with Gasteiger partial charge in [0, 0.05) is 0 Å². The summed E-state index contributed by atoms with van der Waals surface area (Å²) in [6.45, 7) is 0. The number of hydrogen-bond acceptors (Lipinski definition) is 4. The first-order valence-corrected chi connectivity index (χ1v) is 5.78. The summed E-state index contributed by atoms with van der Waals surface area (Å²) in [6, 6.07) is 20.8. The van der Waals surface area contributed by atoms with Crippen molar-refractivity contribution in [2.45, 2.75) is 0 Å². The lowest BCUT2D eigenvalue weighted by Crippen LogP contribution is -1.73. The van der Waals surface area contributed by atoms with E-state index >= 15 is 0 Å². The quantitative estimate of drug-likeness (QED) is 0.583. The van der Waals surface area contributed by atoms with Crippen LogP contribution in [-0.2, 0) is 19.2 Å². The molecule has 0 aliphatic carbocycles. The normalized spacial score (nSPS) is 6.17. The molecule has 8 heteroatoms. The molecule has 122 valence electrons. The summed E-state index contributed by atoms with van der Waals surface area (Å²) < 4.78 is 0. The predicted octanol–water partition coefficient (Wildman–Crippen LogP) is 2.92. The summed E-state index contributed by atoms with van der Waals surface area (Å²) in [5.74, 6) is 0. The van der Waals surface area contributed by atoms with Crippen LogP contribution in [-0.4, -0.2) is 24.3 Å². The van der Waals surface area contributed by atoms with Crippen molar-refractivity contribution < 1.29 is 19.2 Å². The van der Waals surface area contributed by atoms with Gasteiger partial charge in [0.2, 0.25) is 0 Å². The number of hydrogen-bond donors (Lipinski definition) is 0. The lowest BCUT2D eigenvalue weighted by atomic mass is 10.1. The summed E-state index contributed by atoms with van der Waals surface area (Å²) in [5, 5.41) is 27.1. The van der Waals surface area contributed by atoms with Crippen molar-refractivity contribution in [2.75, 3.05) is 0 Å². The molecule has 8 nitrogen and oxygen atoms in total. The minimum atomic E-state index is 0.500. The van der Waals surface area contributed by atoms with Crippen LogP contribution in [0.3, 0.4) is 0 Å². The maximum absolute atomic E-state index is 8.24. The minimum absolute atomic E-state index is 0.500. The average molecular weight is 322 g/mol. The Kier molecular flexibility index (Phi) is 25.0. The summed E-state index contributed by atoms with van der Waals surface area (Å²) >= 11 is 0. The molecule has 0 heterocycles. The maximum Gasteiger partial charge on any atom is -0.0159 e. The van der Waals surface area contributed by atoms with Crippen molar-refractivity contribution in [2.24, 2.45) is 0 Å². The topological polar surface area (TPSA) is 157 Å². The molecule has 0 unspecified atom stereocenters. The molecule has 2 aromatic carbocycles. The van der Waals surface area contributed by atoms with Gasteiger partial charge < -0.3 is 21.6 Å². The number of rotatable bonds is 1. The van der Waals surface area contributed by atoms with Crippen molar-refractivity contribution in [1.82, 2.24) is 0 Å². The van der Waals surface area contributed by atoms with E-state index in [-0.39, 0.29) is 0 Å². The number of carbonyl (C=O) groups excluding carboxylic acids is 4. The molecule has 0 aliphatic rings. The van der Waals surface area contributed by atoms with Gasteiger partial charge in [-0.15, -0.1) is 0 Å². The highest BCUT2D eigenvalue weighted by Crippen LogP contribution is 2.17. The molecule has 0 amide bonds. The van der Waals surface area contributed by atoms with Crippen molar-refractivity contribution in [1.29, 1.82) is 0 Å². The Morgan fingerprint density at radius 1 is 0.458 bits per heavy atom. The van der Waals surface area contributed by atoms with Crippen LogP contribution in [0.15, 0.2) is 60.7 Å². The largest absolute Gasteiger partial charge is 0.724 e. The minimum Gasteiger partial charge on any atom is -0.724 e. The van der Waals surface area contributed by atoms with Crippen molar-refractivity contribution in [3.63, 3.8) is 0 Å². The highest BCUT2D eigenvalue weighted by Gasteiger charge is 1.91. The smallest absolute Gasteiger partial charge is 0.0159 e. The van der Waals surface area contributed by atoms with E-state index in [0.717, 1.165) is 0 Å². The Hall–Kier alpha value is -4.04. The third kappa shape index (κ3) is 20.3. The predicted molar refractivity (Wildman–Crippen MR) is 88.1 cm³/mol. The zero-order valence-corrected chi connectivity index (χ0v) is 12.2. The second-order valence-electron chi connectivity index (χ2n) is 3.10. The van der Waals surface area contributed by atoms with Crippen LogP contribution in [0, 0.1) is 0 Å². The van der Waals surface area contributed by atoms with Crippen molar-refractivity contribution in [3.8, 4) is 11.1 Å². The lowest BCUT2D eigenvalue weighted by molar-refractivity contribution is 0.568. The Bertz CT molecular complexity index is 578. The Morgan fingerprint density at radius 2 is 0.625 bits per heavy atom. The summed E-state index contributed by atoms with van der Waals surface area (Å²) in [7, 11) is 0. The fraction of sp³-hybridized carbons (Fsp3) is 0. The van der Waals surface area contributed by atoms with Gasteiger partial charge in [-0.3, -0.25) is 19.2 Å². The maximum atomic E-state index is 8.24. The monoisotopic (exact) mass is 322 g/mol. The van der Waals surface area contributed by atoms with Crippen LogP contribution >= 0.6 is 0 Å². The van der Waals surface area contributed by atoms with Gasteiger partial charge in [0.15, 0.2) is 0 Å². The molecule has 2 rings (SSSR count). The van der Waals surface area contributed by atoms with Crippen LogP contribution in [0.2, 0.25) is 0 Å². The molecule has 0 fully saturated rings. The first-order chi connectivity index (χ1) is 11.6. The van der Waals surface area contributed by atoms with Crippen molar-refractivity contribution >= 4 is 24.3 Å². The van der Waals surface area contributed by atoms with E-state index in [1.807, 2.05) is 12.1 Å². The molecule has 0 saturated carbocycles. The van der Waals surface area contributed by atoms with Gasteiger partial charge in [0.05, 0.1) is 0 Å². The lowest BCUT2D eigenvalue weighted by Gasteiger charge is -1.98. The van der Waals surface area contributed by atoms with Gasteiger partial charge in [-0.2, -0.15) is 0 Å². The van der Waals surface area contributed by atoms with E-state index in [0.29, 0.717) is 24.3 Å². The second kappa shape index (κ2) is 24.0. The molecule has 24 heavy (non-hydrogen) atoms. The first kappa shape index (κ1) is 24.9. The fourth-order valence-corrected chi connectivity index (χ4v) is 1.26. The second-order valence-corrected chi connectivity index (χ2v) is 3.10.